The predicted molar refractivity (Wildman–Crippen MR) is 131 cm³/mol. The van der Waals surface area contributed by atoms with Crippen molar-refractivity contribution in [1.82, 2.24) is 9.80 Å². The Morgan fingerprint density at radius 1 is 0.970 bits per heavy atom. The summed E-state index contributed by atoms with van der Waals surface area (Å²) >= 11 is 1.63. The van der Waals surface area contributed by atoms with Gasteiger partial charge in [0.25, 0.3) is 5.91 Å². The van der Waals surface area contributed by atoms with Crippen molar-refractivity contribution in [2.24, 2.45) is 0 Å². The van der Waals surface area contributed by atoms with Crippen LogP contribution in [0.2, 0.25) is 0 Å². The summed E-state index contributed by atoms with van der Waals surface area (Å²) < 4.78 is 5.79. The Morgan fingerprint density at radius 2 is 1.76 bits per heavy atom. The van der Waals surface area contributed by atoms with Crippen molar-refractivity contribution in [1.29, 1.82) is 0 Å². The van der Waals surface area contributed by atoms with Gasteiger partial charge in [-0.1, -0.05) is 54.1 Å². The number of hydrogen-bond acceptors (Lipinski definition) is 4. The van der Waals surface area contributed by atoms with Gasteiger partial charge in [-0.3, -0.25) is 9.59 Å². The minimum atomic E-state index is -0.130. The van der Waals surface area contributed by atoms with E-state index in [-0.39, 0.29) is 24.5 Å². The van der Waals surface area contributed by atoms with Gasteiger partial charge in [0.05, 0.1) is 12.6 Å². The first kappa shape index (κ1) is 23.2. The van der Waals surface area contributed by atoms with Crippen LogP contribution in [-0.2, 0) is 22.6 Å². The summed E-state index contributed by atoms with van der Waals surface area (Å²) in [6, 6.07) is 21.5. The van der Waals surface area contributed by atoms with Crippen LogP contribution in [0.25, 0.3) is 0 Å². The third-order valence-electron chi connectivity index (χ3n) is 5.86. The van der Waals surface area contributed by atoms with Crippen molar-refractivity contribution in [2.75, 3.05) is 19.7 Å². The van der Waals surface area contributed by atoms with Crippen molar-refractivity contribution >= 4 is 23.2 Å². The molecule has 0 N–H and O–H groups in total. The quantitative estimate of drug-likeness (QED) is 0.454. The summed E-state index contributed by atoms with van der Waals surface area (Å²) in [7, 11) is 0. The lowest BCUT2D eigenvalue weighted by molar-refractivity contribution is -0.133. The number of aryl methyl sites for hydroxylation is 1. The molecule has 1 aromatic heterocycles. The lowest BCUT2D eigenvalue weighted by Gasteiger charge is -2.29. The van der Waals surface area contributed by atoms with E-state index < -0.39 is 0 Å². The van der Waals surface area contributed by atoms with Crippen molar-refractivity contribution in [3.63, 3.8) is 0 Å². The minimum absolute atomic E-state index is 0.0212. The molecule has 2 amide bonds. The molecule has 33 heavy (non-hydrogen) atoms. The van der Waals surface area contributed by atoms with Crippen LogP contribution in [0.4, 0.5) is 0 Å². The monoisotopic (exact) mass is 462 g/mol. The third-order valence-corrected chi connectivity index (χ3v) is 6.72. The van der Waals surface area contributed by atoms with Crippen LogP contribution in [0.15, 0.2) is 72.1 Å². The van der Waals surface area contributed by atoms with Crippen LogP contribution in [0.1, 0.15) is 39.2 Å². The zero-order chi connectivity index (χ0) is 23.0. The van der Waals surface area contributed by atoms with E-state index in [1.807, 2.05) is 83.9 Å². The Kier molecular flexibility index (Phi) is 7.92. The number of nitrogens with zero attached hydrogens (tertiary/aromatic N) is 2. The molecular weight excluding hydrogens is 432 g/mol. The Bertz CT molecular complexity index is 1030. The topological polar surface area (TPSA) is 49.9 Å². The molecule has 2 heterocycles. The summed E-state index contributed by atoms with van der Waals surface area (Å²) in [5, 5.41) is 2.02. The molecule has 172 valence electrons. The van der Waals surface area contributed by atoms with Gasteiger partial charge in [-0.15, -0.1) is 11.3 Å². The molecule has 1 aliphatic heterocycles. The van der Waals surface area contributed by atoms with Gasteiger partial charge in [-0.05, 0) is 48.9 Å². The predicted octanol–water partition coefficient (Wildman–Crippen LogP) is 4.91. The van der Waals surface area contributed by atoms with Crippen LogP contribution in [0.5, 0.6) is 0 Å². The molecule has 0 saturated carbocycles. The highest BCUT2D eigenvalue weighted by Gasteiger charge is 2.27. The van der Waals surface area contributed by atoms with E-state index >= 15 is 0 Å². The molecule has 1 fully saturated rings. The molecule has 0 aliphatic carbocycles. The van der Waals surface area contributed by atoms with Crippen LogP contribution in [0.3, 0.4) is 0 Å². The van der Waals surface area contributed by atoms with Crippen LogP contribution in [0, 0.1) is 6.92 Å². The van der Waals surface area contributed by atoms with Gasteiger partial charge in [0, 0.05) is 30.1 Å². The maximum Gasteiger partial charge on any atom is 0.254 e. The first-order valence-electron chi connectivity index (χ1n) is 11.4. The molecule has 6 heteroatoms. The molecule has 1 atom stereocenters. The third kappa shape index (κ3) is 6.53. The second-order valence-corrected chi connectivity index (χ2v) is 9.53. The van der Waals surface area contributed by atoms with E-state index in [4.69, 9.17) is 4.74 Å². The van der Waals surface area contributed by atoms with Crippen molar-refractivity contribution < 1.29 is 14.3 Å². The van der Waals surface area contributed by atoms with Gasteiger partial charge < -0.3 is 14.5 Å². The lowest BCUT2D eigenvalue weighted by atomic mass is 10.1. The number of hydrogen-bond donors (Lipinski definition) is 0. The molecular formula is C27H30N2O3S. The highest BCUT2D eigenvalue weighted by Crippen LogP contribution is 2.18. The first-order valence-corrected chi connectivity index (χ1v) is 12.3. The number of thiophene rings is 1. The molecule has 0 spiro atoms. The summed E-state index contributed by atoms with van der Waals surface area (Å²) in [6.07, 6.45) is 1.88. The lowest BCUT2D eigenvalue weighted by Crippen LogP contribution is -2.45. The van der Waals surface area contributed by atoms with Gasteiger partial charge in [-0.25, -0.2) is 0 Å². The molecule has 4 rings (SSSR count). The second-order valence-electron chi connectivity index (χ2n) is 8.50. The van der Waals surface area contributed by atoms with E-state index in [9.17, 15) is 9.59 Å². The van der Waals surface area contributed by atoms with Crippen molar-refractivity contribution in [3.8, 4) is 0 Å². The number of benzene rings is 2. The van der Waals surface area contributed by atoms with E-state index in [0.29, 0.717) is 31.8 Å². The highest BCUT2D eigenvalue weighted by molar-refractivity contribution is 7.09. The van der Waals surface area contributed by atoms with Crippen LogP contribution < -0.4 is 0 Å². The average Bonchev–Trinajstić information content (AvgIpc) is 3.53. The Morgan fingerprint density at radius 3 is 2.42 bits per heavy atom. The molecule has 0 radical (unpaired) electrons. The fraction of sp³-hybridized carbons (Fsp3) is 0.333. The number of rotatable bonds is 9. The van der Waals surface area contributed by atoms with Gasteiger partial charge in [0.1, 0.15) is 6.54 Å². The fourth-order valence-electron chi connectivity index (χ4n) is 4.02. The van der Waals surface area contributed by atoms with Crippen LogP contribution in [-0.4, -0.2) is 47.4 Å². The fourth-order valence-corrected chi connectivity index (χ4v) is 4.74. The van der Waals surface area contributed by atoms with Crippen LogP contribution >= 0.6 is 11.3 Å². The molecule has 1 saturated heterocycles. The van der Waals surface area contributed by atoms with E-state index in [0.717, 1.165) is 28.8 Å². The summed E-state index contributed by atoms with van der Waals surface area (Å²) in [4.78, 5) is 31.5. The van der Waals surface area contributed by atoms with E-state index in [1.165, 1.54) is 0 Å². The normalized spacial score (nSPS) is 15.4. The maximum atomic E-state index is 13.5. The Hall–Kier alpha value is -2.96. The second kappa shape index (κ2) is 11.3. The molecule has 1 aliphatic rings. The average molecular weight is 463 g/mol. The van der Waals surface area contributed by atoms with Gasteiger partial charge in [0.15, 0.2) is 0 Å². The Balaban J connectivity index is 1.53. The SMILES string of the molecule is Cc1ccc(C(=O)N(CC(=O)N(Cc2ccccc2)Cc2cccs2)CC2CCCO2)cc1. The van der Waals surface area contributed by atoms with Gasteiger partial charge >= 0.3 is 0 Å². The standard InChI is InChI=1S/C27H30N2O3S/c1-21-11-13-23(14-12-21)27(31)29(18-24-9-5-15-32-24)20-26(30)28(19-25-10-6-16-33-25)17-22-7-3-2-4-8-22/h2-4,6-8,10-14,16,24H,5,9,15,17-20H2,1H3. The minimum Gasteiger partial charge on any atom is -0.376 e. The van der Waals surface area contributed by atoms with Crippen molar-refractivity contribution in [2.45, 2.75) is 39.0 Å². The number of carbonyl (C=O) groups is 2. The molecule has 3 aromatic rings. The van der Waals surface area contributed by atoms with Crippen molar-refractivity contribution in [3.05, 3.63) is 93.7 Å². The smallest absolute Gasteiger partial charge is 0.254 e. The van der Waals surface area contributed by atoms with E-state index in [2.05, 4.69) is 0 Å². The number of amides is 2. The van der Waals surface area contributed by atoms with Gasteiger partial charge in [0.2, 0.25) is 5.91 Å². The van der Waals surface area contributed by atoms with Gasteiger partial charge in [-0.2, -0.15) is 0 Å². The molecule has 0 bridgehead atoms. The number of carbonyl (C=O) groups excluding carboxylic acids is 2. The summed E-state index contributed by atoms with van der Waals surface area (Å²) in [5.41, 5.74) is 2.76. The first-order chi connectivity index (χ1) is 16.1. The zero-order valence-electron chi connectivity index (χ0n) is 19.0. The molecule has 2 aromatic carbocycles. The summed E-state index contributed by atoms with van der Waals surface area (Å²) in [5.74, 6) is -0.194. The van der Waals surface area contributed by atoms with E-state index in [1.54, 1.807) is 16.2 Å². The Labute approximate surface area is 199 Å². The largest absolute Gasteiger partial charge is 0.376 e. The molecule has 5 nitrogen and oxygen atoms in total. The maximum absolute atomic E-state index is 13.5. The highest BCUT2D eigenvalue weighted by atomic mass is 32.1. The number of ether oxygens (including phenoxy) is 1. The molecule has 1 unspecified atom stereocenters. The summed E-state index contributed by atoms with van der Waals surface area (Å²) in [6.45, 7) is 4.20. The zero-order valence-corrected chi connectivity index (χ0v) is 19.8.